The van der Waals surface area contributed by atoms with E-state index < -0.39 is 0 Å². The van der Waals surface area contributed by atoms with Crippen LogP contribution >= 0.6 is 11.3 Å². The minimum atomic E-state index is 0.312. The van der Waals surface area contributed by atoms with Crippen molar-refractivity contribution in [3.05, 3.63) is 10.6 Å². The Bertz CT molecular complexity index is 422. The average molecular weight is 281 g/mol. The summed E-state index contributed by atoms with van der Waals surface area (Å²) in [5.74, 6) is 0.312. The molecule has 0 spiro atoms. The Balaban J connectivity index is 2.05. The summed E-state index contributed by atoms with van der Waals surface area (Å²) >= 11 is 1.54. The summed E-state index contributed by atoms with van der Waals surface area (Å²) in [6.45, 7) is 11.8. The number of carbonyl (C=O) groups is 1. The van der Waals surface area contributed by atoms with Crippen LogP contribution in [0.5, 0.6) is 0 Å². The zero-order valence-corrected chi connectivity index (χ0v) is 12.9. The number of thiazole rings is 1. The summed E-state index contributed by atoms with van der Waals surface area (Å²) in [6.07, 6.45) is 2.16. The standard InChI is InChI=1S/C14H23N3OS/c1-4-5-16-6-8-17(9-7-16)14-15-13(11(2)3)12(10-18)19-14/h10-11H,4-9H2,1-3H3. The molecule has 1 aliphatic rings. The van der Waals surface area contributed by atoms with Crippen molar-refractivity contribution < 1.29 is 4.79 Å². The van der Waals surface area contributed by atoms with Crippen LogP contribution in [0.1, 0.15) is 48.5 Å². The summed E-state index contributed by atoms with van der Waals surface area (Å²) < 4.78 is 0. The third-order valence-electron chi connectivity index (χ3n) is 3.51. The number of aromatic nitrogens is 1. The molecule has 106 valence electrons. The largest absolute Gasteiger partial charge is 0.346 e. The fourth-order valence-corrected chi connectivity index (χ4v) is 3.53. The number of nitrogens with zero attached hydrogens (tertiary/aromatic N) is 3. The fraction of sp³-hybridized carbons (Fsp3) is 0.714. The molecule has 2 heterocycles. The lowest BCUT2D eigenvalue weighted by Gasteiger charge is -2.34. The summed E-state index contributed by atoms with van der Waals surface area (Å²) in [6, 6.07) is 0. The van der Waals surface area contributed by atoms with Gasteiger partial charge in [-0.05, 0) is 18.9 Å². The fourth-order valence-electron chi connectivity index (χ4n) is 2.44. The van der Waals surface area contributed by atoms with E-state index in [1.807, 2.05) is 0 Å². The van der Waals surface area contributed by atoms with Crippen molar-refractivity contribution in [1.82, 2.24) is 9.88 Å². The SMILES string of the molecule is CCCN1CCN(c2nc(C(C)C)c(C=O)s2)CC1. The van der Waals surface area contributed by atoms with Crippen LogP contribution in [0, 0.1) is 0 Å². The molecule has 1 aromatic rings. The number of hydrogen-bond donors (Lipinski definition) is 0. The minimum Gasteiger partial charge on any atom is -0.346 e. The van der Waals surface area contributed by atoms with Crippen molar-refractivity contribution in [3.63, 3.8) is 0 Å². The van der Waals surface area contributed by atoms with E-state index in [4.69, 9.17) is 0 Å². The van der Waals surface area contributed by atoms with Crippen LogP contribution in [-0.4, -0.2) is 48.9 Å². The molecule has 1 aromatic heterocycles. The second-order valence-corrected chi connectivity index (χ2v) is 6.36. The highest BCUT2D eigenvalue weighted by Gasteiger charge is 2.21. The number of piperazine rings is 1. The Morgan fingerprint density at radius 2 is 2.00 bits per heavy atom. The average Bonchev–Trinajstić information content (AvgIpc) is 2.84. The first-order valence-corrected chi connectivity index (χ1v) is 7.90. The Morgan fingerprint density at radius 3 is 2.47 bits per heavy atom. The van der Waals surface area contributed by atoms with Crippen LogP contribution in [0.2, 0.25) is 0 Å². The lowest BCUT2D eigenvalue weighted by Crippen LogP contribution is -2.46. The van der Waals surface area contributed by atoms with Gasteiger partial charge >= 0.3 is 0 Å². The summed E-state index contributed by atoms with van der Waals surface area (Å²) in [5.41, 5.74) is 0.950. The van der Waals surface area contributed by atoms with Gasteiger partial charge in [0.1, 0.15) is 0 Å². The van der Waals surface area contributed by atoms with Crippen LogP contribution in [0.4, 0.5) is 5.13 Å². The molecular weight excluding hydrogens is 258 g/mol. The van der Waals surface area contributed by atoms with Gasteiger partial charge in [-0.3, -0.25) is 9.69 Å². The number of aldehydes is 1. The number of anilines is 1. The molecule has 0 N–H and O–H groups in total. The molecule has 0 saturated carbocycles. The monoisotopic (exact) mass is 281 g/mol. The van der Waals surface area contributed by atoms with Crippen molar-refractivity contribution in [2.24, 2.45) is 0 Å². The first kappa shape index (κ1) is 14.5. The molecule has 0 amide bonds. The van der Waals surface area contributed by atoms with Gasteiger partial charge in [0.2, 0.25) is 0 Å². The highest BCUT2D eigenvalue weighted by atomic mass is 32.1. The second kappa shape index (κ2) is 6.48. The van der Waals surface area contributed by atoms with E-state index in [1.165, 1.54) is 24.3 Å². The van der Waals surface area contributed by atoms with Crippen LogP contribution in [-0.2, 0) is 0 Å². The second-order valence-electron chi connectivity index (χ2n) is 5.35. The van der Waals surface area contributed by atoms with Gasteiger partial charge in [-0.15, -0.1) is 0 Å². The third-order valence-corrected chi connectivity index (χ3v) is 4.56. The predicted molar refractivity (Wildman–Crippen MR) is 80.5 cm³/mol. The number of rotatable bonds is 5. The Labute approximate surface area is 119 Å². The first-order valence-electron chi connectivity index (χ1n) is 7.09. The Kier molecular flexibility index (Phi) is 4.93. The van der Waals surface area contributed by atoms with E-state index in [-0.39, 0.29) is 0 Å². The molecule has 0 bridgehead atoms. The topological polar surface area (TPSA) is 36.4 Å². The van der Waals surface area contributed by atoms with Crippen molar-refractivity contribution in [2.75, 3.05) is 37.6 Å². The molecule has 5 heteroatoms. The van der Waals surface area contributed by atoms with E-state index in [0.717, 1.165) is 48.2 Å². The molecular formula is C14H23N3OS. The molecule has 1 aliphatic heterocycles. The van der Waals surface area contributed by atoms with E-state index in [1.54, 1.807) is 0 Å². The quantitative estimate of drug-likeness (QED) is 0.777. The maximum absolute atomic E-state index is 11.1. The Morgan fingerprint density at radius 1 is 1.32 bits per heavy atom. The lowest BCUT2D eigenvalue weighted by atomic mass is 10.1. The number of hydrogen-bond acceptors (Lipinski definition) is 5. The van der Waals surface area contributed by atoms with Gasteiger partial charge in [0, 0.05) is 26.2 Å². The van der Waals surface area contributed by atoms with Crippen LogP contribution in [0.3, 0.4) is 0 Å². The molecule has 2 rings (SSSR count). The van der Waals surface area contributed by atoms with Gasteiger partial charge in [0.05, 0.1) is 10.6 Å². The van der Waals surface area contributed by atoms with Gasteiger partial charge in [-0.25, -0.2) is 4.98 Å². The van der Waals surface area contributed by atoms with Crippen molar-refractivity contribution in [1.29, 1.82) is 0 Å². The van der Waals surface area contributed by atoms with E-state index in [2.05, 4.69) is 35.6 Å². The smallest absolute Gasteiger partial charge is 0.186 e. The first-order chi connectivity index (χ1) is 9.15. The molecule has 0 aromatic carbocycles. The molecule has 4 nitrogen and oxygen atoms in total. The predicted octanol–water partition coefficient (Wildman–Crippen LogP) is 2.61. The molecule has 1 saturated heterocycles. The normalized spacial score (nSPS) is 17.2. The van der Waals surface area contributed by atoms with Crippen LogP contribution in [0.25, 0.3) is 0 Å². The summed E-state index contributed by atoms with van der Waals surface area (Å²) in [7, 11) is 0. The molecule has 0 atom stereocenters. The minimum absolute atomic E-state index is 0.312. The highest BCUT2D eigenvalue weighted by Crippen LogP contribution is 2.30. The third kappa shape index (κ3) is 3.34. The molecule has 0 aliphatic carbocycles. The van der Waals surface area contributed by atoms with Gasteiger partial charge in [0.15, 0.2) is 11.4 Å². The summed E-state index contributed by atoms with van der Waals surface area (Å²) in [4.78, 5) is 21.4. The highest BCUT2D eigenvalue weighted by molar-refractivity contribution is 7.17. The van der Waals surface area contributed by atoms with Crippen molar-refractivity contribution in [3.8, 4) is 0 Å². The van der Waals surface area contributed by atoms with E-state index >= 15 is 0 Å². The molecule has 0 unspecified atom stereocenters. The van der Waals surface area contributed by atoms with Crippen molar-refractivity contribution in [2.45, 2.75) is 33.1 Å². The molecule has 1 fully saturated rings. The molecule has 19 heavy (non-hydrogen) atoms. The molecule has 0 radical (unpaired) electrons. The van der Waals surface area contributed by atoms with Gasteiger partial charge in [-0.2, -0.15) is 0 Å². The summed E-state index contributed by atoms with van der Waals surface area (Å²) in [5, 5.41) is 1.02. The van der Waals surface area contributed by atoms with Gasteiger partial charge < -0.3 is 4.90 Å². The zero-order valence-electron chi connectivity index (χ0n) is 12.1. The maximum Gasteiger partial charge on any atom is 0.186 e. The maximum atomic E-state index is 11.1. The van der Waals surface area contributed by atoms with Crippen LogP contribution < -0.4 is 4.90 Å². The van der Waals surface area contributed by atoms with Gasteiger partial charge in [0.25, 0.3) is 0 Å². The lowest BCUT2D eigenvalue weighted by molar-refractivity contribution is 0.112. The number of carbonyl (C=O) groups excluding carboxylic acids is 1. The van der Waals surface area contributed by atoms with Crippen molar-refractivity contribution >= 4 is 22.8 Å². The van der Waals surface area contributed by atoms with E-state index in [9.17, 15) is 4.79 Å². The van der Waals surface area contributed by atoms with Gasteiger partial charge in [-0.1, -0.05) is 32.1 Å². The van der Waals surface area contributed by atoms with E-state index in [0.29, 0.717) is 5.92 Å². The zero-order chi connectivity index (χ0) is 13.8. The Hall–Kier alpha value is -0.940. The van der Waals surface area contributed by atoms with Crippen LogP contribution in [0.15, 0.2) is 0 Å².